The van der Waals surface area contributed by atoms with Crippen molar-refractivity contribution in [1.29, 1.82) is 0 Å². The number of nitrogens with zero attached hydrogens (tertiary/aromatic N) is 2. The van der Waals surface area contributed by atoms with E-state index in [1.165, 1.54) is 0 Å². The molecule has 4 rings (SSSR count). The van der Waals surface area contributed by atoms with E-state index in [0.717, 1.165) is 22.9 Å². The van der Waals surface area contributed by atoms with Crippen LogP contribution in [0, 0.1) is 5.92 Å². The van der Waals surface area contributed by atoms with E-state index in [1.54, 1.807) is 0 Å². The average Bonchev–Trinajstić information content (AvgIpc) is 3.32. The number of fused-ring (bicyclic) bond motifs is 1. The van der Waals surface area contributed by atoms with E-state index in [-0.39, 0.29) is 23.6 Å². The van der Waals surface area contributed by atoms with Gasteiger partial charge in [-0.15, -0.1) is 10.2 Å². The van der Waals surface area contributed by atoms with Crippen LogP contribution in [0.5, 0.6) is 5.88 Å². The molecule has 3 aromatic rings. The number of hydrogen-bond acceptors (Lipinski definition) is 3. The third kappa shape index (κ3) is 2.50. The second-order valence-corrected chi connectivity index (χ2v) is 5.77. The molecular weight excluding hydrogens is 290 g/mol. The zero-order chi connectivity index (χ0) is 15.8. The number of azo groups is 1. The van der Waals surface area contributed by atoms with Crippen molar-refractivity contribution in [2.24, 2.45) is 16.1 Å². The summed E-state index contributed by atoms with van der Waals surface area (Å²) in [5.41, 5.74) is 2.24. The molecule has 0 spiro atoms. The Morgan fingerprint density at radius 1 is 1.09 bits per heavy atom. The number of carbonyl (C=O) groups is 1. The molecule has 2 aromatic carbocycles. The fraction of sp³-hybridized carbons (Fsp3) is 0.167. The second-order valence-electron chi connectivity index (χ2n) is 5.77. The van der Waals surface area contributed by atoms with Gasteiger partial charge in [-0.05, 0) is 24.0 Å². The number of aromatic amines is 1. The number of para-hydroxylation sites is 1. The van der Waals surface area contributed by atoms with E-state index in [1.807, 2.05) is 54.6 Å². The molecule has 2 atom stereocenters. The van der Waals surface area contributed by atoms with Crippen LogP contribution in [0.2, 0.25) is 0 Å². The Hall–Kier alpha value is -2.95. The number of aromatic nitrogens is 1. The van der Waals surface area contributed by atoms with Crippen LogP contribution < -0.4 is 0 Å². The molecule has 1 saturated carbocycles. The number of H-pyrrole nitrogens is 1. The molecule has 23 heavy (non-hydrogen) atoms. The van der Waals surface area contributed by atoms with Gasteiger partial charge >= 0.3 is 0 Å². The van der Waals surface area contributed by atoms with Crippen molar-refractivity contribution in [1.82, 2.24) is 4.98 Å². The lowest BCUT2D eigenvalue weighted by atomic mass is 10.1. The van der Waals surface area contributed by atoms with Gasteiger partial charge in [0.1, 0.15) is 0 Å². The van der Waals surface area contributed by atoms with Crippen molar-refractivity contribution in [2.75, 3.05) is 0 Å². The van der Waals surface area contributed by atoms with Gasteiger partial charge in [-0.25, -0.2) is 0 Å². The Balaban J connectivity index is 1.53. The number of benzene rings is 2. The van der Waals surface area contributed by atoms with Gasteiger partial charge in [0.05, 0.1) is 5.52 Å². The average molecular weight is 305 g/mol. The van der Waals surface area contributed by atoms with E-state index in [9.17, 15) is 9.90 Å². The van der Waals surface area contributed by atoms with Crippen molar-refractivity contribution in [2.45, 2.75) is 12.3 Å². The fourth-order valence-electron chi connectivity index (χ4n) is 2.92. The molecule has 2 N–H and O–H groups in total. The molecule has 5 heteroatoms. The monoisotopic (exact) mass is 305 g/mol. The van der Waals surface area contributed by atoms with Crippen molar-refractivity contribution >= 4 is 22.5 Å². The lowest BCUT2D eigenvalue weighted by molar-refractivity contribution is -0.119. The Morgan fingerprint density at radius 3 is 2.65 bits per heavy atom. The summed E-state index contributed by atoms with van der Waals surface area (Å²) in [5, 5.41) is 18.5. The molecule has 0 radical (unpaired) electrons. The van der Waals surface area contributed by atoms with E-state index in [4.69, 9.17) is 0 Å². The van der Waals surface area contributed by atoms with Crippen LogP contribution in [0.1, 0.15) is 17.9 Å². The number of nitrogens with one attached hydrogen (secondary N) is 1. The standard InChI is InChI=1S/C18H15N3O2/c22-17(14-10-13(14)11-6-2-1-3-7-11)21-20-16-12-8-4-5-9-15(12)19-18(16)23/h1-9,13-14,19,23H,10H2/t13-,14+/m0/s1. The highest BCUT2D eigenvalue weighted by Gasteiger charge is 2.44. The van der Waals surface area contributed by atoms with Crippen LogP contribution in [0.15, 0.2) is 64.8 Å². The Bertz CT molecular complexity index is 899. The van der Waals surface area contributed by atoms with Crippen molar-refractivity contribution in [3.8, 4) is 5.88 Å². The molecule has 114 valence electrons. The van der Waals surface area contributed by atoms with E-state index in [2.05, 4.69) is 15.2 Å². The molecule has 1 fully saturated rings. The molecular formula is C18H15N3O2. The highest BCUT2D eigenvalue weighted by Crippen LogP contribution is 2.48. The molecule has 1 heterocycles. The smallest absolute Gasteiger partial charge is 0.268 e. The largest absolute Gasteiger partial charge is 0.493 e. The maximum atomic E-state index is 12.2. The zero-order valence-electron chi connectivity index (χ0n) is 12.3. The molecule has 1 aromatic heterocycles. The topological polar surface area (TPSA) is 77.8 Å². The maximum absolute atomic E-state index is 12.2. The summed E-state index contributed by atoms with van der Waals surface area (Å²) in [5.74, 6) is -0.172. The quantitative estimate of drug-likeness (QED) is 0.708. The van der Waals surface area contributed by atoms with Gasteiger partial charge in [0, 0.05) is 11.3 Å². The fourth-order valence-corrected chi connectivity index (χ4v) is 2.92. The van der Waals surface area contributed by atoms with Crippen molar-refractivity contribution in [3.05, 3.63) is 60.2 Å². The predicted molar refractivity (Wildman–Crippen MR) is 86.8 cm³/mol. The number of rotatable bonds is 3. The van der Waals surface area contributed by atoms with E-state index >= 15 is 0 Å². The van der Waals surface area contributed by atoms with Crippen molar-refractivity contribution in [3.63, 3.8) is 0 Å². The lowest BCUT2D eigenvalue weighted by Crippen LogP contribution is -1.96. The van der Waals surface area contributed by atoms with Gasteiger partial charge in [-0.3, -0.25) is 4.79 Å². The zero-order valence-corrected chi connectivity index (χ0v) is 12.3. The molecule has 0 aliphatic heterocycles. The summed E-state index contributed by atoms with van der Waals surface area (Å²) in [6.07, 6.45) is 0.807. The van der Waals surface area contributed by atoms with Crippen LogP contribution in [0.4, 0.5) is 5.69 Å². The molecule has 0 unspecified atom stereocenters. The van der Waals surface area contributed by atoms with Gasteiger partial charge in [-0.1, -0.05) is 48.5 Å². The van der Waals surface area contributed by atoms with Crippen LogP contribution in [0.3, 0.4) is 0 Å². The molecule has 1 aliphatic rings. The molecule has 1 amide bonds. The molecule has 5 nitrogen and oxygen atoms in total. The predicted octanol–water partition coefficient (Wildman–Crippen LogP) is 4.29. The van der Waals surface area contributed by atoms with Crippen LogP contribution in [0.25, 0.3) is 10.9 Å². The highest BCUT2D eigenvalue weighted by molar-refractivity contribution is 5.94. The van der Waals surface area contributed by atoms with Crippen LogP contribution in [-0.2, 0) is 4.79 Å². The third-order valence-electron chi connectivity index (χ3n) is 4.24. The van der Waals surface area contributed by atoms with E-state index < -0.39 is 0 Å². The minimum absolute atomic E-state index is 0.0712. The first-order chi connectivity index (χ1) is 11.2. The first kappa shape index (κ1) is 13.7. The van der Waals surface area contributed by atoms with Crippen molar-refractivity contribution < 1.29 is 9.90 Å². The first-order valence-electron chi connectivity index (χ1n) is 7.54. The van der Waals surface area contributed by atoms with Crippen LogP contribution >= 0.6 is 0 Å². The van der Waals surface area contributed by atoms with Gasteiger partial charge in [0.25, 0.3) is 5.91 Å². The Labute approximate surface area is 132 Å². The van der Waals surface area contributed by atoms with E-state index in [0.29, 0.717) is 5.69 Å². The Morgan fingerprint density at radius 2 is 1.83 bits per heavy atom. The maximum Gasteiger partial charge on any atom is 0.268 e. The van der Waals surface area contributed by atoms with Gasteiger partial charge in [0.2, 0.25) is 5.88 Å². The number of aromatic hydroxyl groups is 1. The first-order valence-corrected chi connectivity index (χ1v) is 7.54. The Kier molecular flexibility index (Phi) is 3.19. The van der Waals surface area contributed by atoms with Crippen LogP contribution in [-0.4, -0.2) is 16.0 Å². The summed E-state index contributed by atoms with van der Waals surface area (Å²) in [4.78, 5) is 15.0. The number of amides is 1. The number of carbonyl (C=O) groups excluding carboxylic acids is 1. The van der Waals surface area contributed by atoms with Gasteiger partial charge < -0.3 is 10.1 Å². The second kappa shape index (κ2) is 5.35. The molecule has 0 bridgehead atoms. The minimum Gasteiger partial charge on any atom is -0.493 e. The summed E-state index contributed by atoms with van der Waals surface area (Å²) >= 11 is 0. The van der Waals surface area contributed by atoms with Gasteiger partial charge in [0.15, 0.2) is 5.69 Å². The summed E-state index contributed by atoms with van der Waals surface area (Å²) in [6.45, 7) is 0. The number of hydrogen-bond donors (Lipinski definition) is 2. The normalized spacial score (nSPS) is 20.2. The minimum atomic E-state index is -0.233. The molecule has 0 saturated heterocycles. The lowest BCUT2D eigenvalue weighted by Gasteiger charge is -1.96. The summed E-state index contributed by atoms with van der Waals surface area (Å²) in [7, 11) is 0. The van der Waals surface area contributed by atoms with Gasteiger partial charge in [-0.2, -0.15) is 0 Å². The summed E-state index contributed by atoms with van der Waals surface area (Å²) < 4.78 is 0. The SMILES string of the molecule is O=C(N=Nc1c(O)[nH]c2ccccc12)[C@@H]1C[C@H]1c1ccccc1. The summed E-state index contributed by atoms with van der Waals surface area (Å²) in [6, 6.07) is 17.3. The third-order valence-corrected chi connectivity index (χ3v) is 4.24. The molecule has 1 aliphatic carbocycles. The highest BCUT2D eigenvalue weighted by atomic mass is 16.3.